The highest BCUT2D eigenvalue weighted by Crippen LogP contribution is 2.16. The molecule has 1 radical (unpaired) electrons. The number of furan rings is 1. The van der Waals surface area contributed by atoms with E-state index in [1.807, 2.05) is 24.3 Å². The summed E-state index contributed by atoms with van der Waals surface area (Å²) in [6.45, 7) is 0. The third-order valence-corrected chi connectivity index (χ3v) is 1.53. The van der Waals surface area contributed by atoms with Crippen LogP contribution in [0.15, 0.2) is 34.7 Å². The molecule has 0 spiro atoms. The van der Waals surface area contributed by atoms with Crippen molar-refractivity contribution in [3.05, 3.63) is 36.1 Å². The SMILES string of the molecule is O=[C]c1cc2ccccc2o1. The summed E-state index contributed by atoms with van der Waals surface area (Å²) in [6, 6.07) is 9.13. The van der Waals surface area contributed by atoms with Gasteiger partial charge in [0.2, 0.25) is 0 Å². The number of hydrogen-bond acceptors (Lipinski definition) is 2. The van der Waals surface area contributed by atoms with Gasteiger partial charge in [-0.25, -0.2) is 0 Å². The number of benzene rings is 1. The normalized spacial score (nSPS) is 10.2. The molecule has 0 saturated heterocycles. The zero-order valence-electron chi connectivity index (χ0n) is 5.70. The van der Waals surface area contributed by atoms with E-state index in [0.29, 0.717) is 0 Å². The van der Waals surface area contributed by atoms with Crippen molar-refractivity contribution in [2.75, 3.05) is 0 Å². The van der Waals surface area contributed by atoms with E-state index >= 15 is 0 Å². The molecule has 0 N–H and O–H groups in total. The third kappa shape index (κ3) is 0.923. The van der Waals surface area contributed by atoms with Crippen LogP contribution in [0.5, 0.6) is 0 Å². The van der Waals surface area contributed by atoms with Crippen molar-refractivity contribution in [3.63, 3.8) is 0 Å². The van der Waals surface area contributed by atoms with Crippen LogP contribution < -0.4 is 0 Å². The van der Waals surface area contributed by atoms with Crippen LogP contribution in [0.1, 0.15) is 5.76 Å². The topological polar surface area (TPSA) is 30.2 Å². The van der Waals surface area contributed by atoms with Crippen LogP contribution in [0.2, 0.25) is 0 Å². The fourth-order valence-electron chi connectivity index (χ4n) is 1.03. The Labute approximate surface area is 63.4 Å². The lowest BCUT2D eigenvalue weighted by atomic mass is 10.2. The van der Waals surface area contributed by atoms with Crippen molar-refractivity contribution in [2.45, 2.75) is 0 Å². The van der Waals surface area contributed by atoms with Gasteiger partial charge in [0.05, 0.1) is 0 Å². The number of hydrogen-bond donors (Lipinski definition) is 0. The van der Waals surface area contributed by atoms with Gasteiger partial charge < -0.3 is 4.42 Å². The molecule has 1 aromatic carbocycles. The lowest BCUT2D eigenvalue weighted by molar-refractivity contribution is 0.535. The molecule has 0 aliphatic rings. The van der Waals surface area contributed by atoms with Crippen LogP contribution >= 0.6 is 0 Å². The predicted octanol–water partition coefficient (Wildman–Crippen LogP) is 1.89. The van der Waals surface area contributed by atoms with Crippen molar-refractivity contribution >= 4 is 17.3 Å². The molecule has 0 unspecified atom stereocenters. The van der Waals surface area contributed by atoms with Gasteiger partial charge in [-0.15, -0.1) is 0 Å². The maximum Gasteiger partial charge on any atom is 0.271 e. The van der Waals surface area contributed by atoms with E-state index in [0.717, 1.165) is 11.0 Å². The smallest absolute Gasteiger partial charge is 0.271 e. The van der Waals surface area contributed by atoms with E-state index < -0.39 is 0 Å². The minimum Gasteiger partial charge on any atom is -0.452 e. The van der Waals surface area contributed by atoms with Crippen molar-refractivity contribution in [3.8, 4) is 0 Å². The molecule has 0 aliphatic heterocycles. The largest absolute Gasteiger partial charge is 0.452 e. The molecule has 0 fully saturated rings. The fraction of sp³-hybridized carbons (Fsp3) is 0. The first-order valence-electron chi connectivity index (χ1n) is 3.27. The van der Waals surface area contributed by atoms with Gasteiger partial charge in [0.25, 0.3) is 6.29 Å². The van der Waals surface area contributed by atoms with Crippen LogP contribution in [0.3, 0.4) is 0 Å². The zero-order chi connectivity index (χ0) is 7.68. The minimum absolute atomic E-state index is 0.256. The number of rotatable bonds is 1. The van der Waals surface area contributed by atoms with Gasteiger partial charge in [0.1, 0.15) is 5.58 Å². The highest BCUT2D eigenvalue weighted by atomic mass is 16.3. The van der Waals surface area contributed by atoms with E-state index in [1.54, 1.807) is 12.4 Å². The molecule has 1 aromatic heterocycles. The summed E-state index contributed by atoms with van der Waals surface area (Å²) in [5, 5.41) is 0.936. The summed E-state index contributed by atoms with van der Waals surface area (Å²) >= 11 is 0. The van der Waals surface area contributed by atoms with Crippen molar-refractivity contribution in [1.29, 1.82) is 0 Å². The zero-order valence-corrected chi connectivity index (χ0v) is 5.70. The standard InChI is InChI=1S/C9H5O2/c10-6-8-5-7-3-1-2-4-9(7)11-8/h1-5H. The van der Waals surface area contributed by atoms with E-state index in [1.165, 1.54) is 0 Å². The van der Waals surface area contributed by atoms with Gasteiger partial charge in [-0.1, -0.05) is 18.2 Å². The molecular formula is C9H5O2. The summed E-state index contributed by atoms with van der Waals surface area (Å²) in [5.74, 6) is 0.256. The van der Waals surface area contributed by atoms with E-state index in [4.69, 9.17) is 4.42 Å². The Balaban J connectivity index is 2.78. The van der Waals surface area contributed by atoms with E-state index in [-0.39, 0.29) is 5.76 Å². The Morgan fingerprint density at radius 2 is 2.09 bits per heavy atom. The first kappa shape index (κ1) is 6.16. The molecule has 0 amide bonds. The second kappa shape index (κ2) is 2.23. The molecule has 11 heavy (non-hydrogen) atoms. The second-order valence-electron chi connectivity index (χ2n) is 2.25. The van der Waals surface area contributed by atoms with Crippen molar-refractivity contribution < 1.29 is 9.21 Å². The van der Waals surface area contributed by atoms with Gasteiger partial charge in [0.15, 0.2) is 5.76 Å². The number of para-hydroxylation sites is 1. The van der Waals surface area contributed by atoms with Gasteiger partial charge >= 0.3 is 0 Å². The van der Waals surface area contributed by atoms with Gasteiger partial charge in [-0.2, -0.15) is 0 Å². The van der Waals surface area contributed by atoms with Gasteiger partial charge in [-0.05, 0) is 12.1 Å². The molecule has 0 bridgehead atoms. The molecule has 1 heterocycles. The molecule has 2 rings (SSSR count). The first-order valence-corrected chi connectivity index (χ1v) is 3.27. The molecule has 0 aliphatic carbocycles. The Bertz CT molecular complexity index is 354. The Hall–Kier alpha value is -1.57. The third-order valence-electron chi connectivity index (χ3n) is 1.53. The average molecular weight is 145 g/mol. The highest BCUT2D eigenvalue weighted by molar-refractivity contribution is 5.84. The number of carbonyl (C=O) groups excluding carboxylic acids is 1. The molecule has 2 aromatic rings. The van der Waals surface area contributed by atoms with Gasteiger partial charge in [-0.3, -0.25) is 4.79 Å². The predicted molar refractivity (Wildman–Crippen MR) is 41.0 cm³/mol. The molecule has 2 nitrogen and oxygen atoms in total. The lowest BCUT2D eigenvalue weighted by Gasteiger charge is -1.81. The van der Waals surface area contributed by atoms with Crippen LogP contribution in [0, 0.1) is 0 Å². The maximum atomic E-state index is 10.2. The Morgan fingerprint density at radius 3 is 2.82 bits per heavy atom. The lowest BCUT2D eigenvalue weighted by Crippen LogP contribution is -1.67. The summed E-state index contributed by atoms with van der Waals surface area (Å²) in [5.41, 5.74) is 0.728. The summed E-state index contributed by atoms with van der Waals surface area (Å²) in [4.78, 5) is 10.2. The molecular weight excluding hydrogens is 140 g/mol. The average Bonchev–Trinajstić information content (AvgIpc) is 2.46. The molecule has 2 heteroatoms. The Morgan fingerprint density at radius 1 is 1.27 bits per heavy atom. The number of fused-ring (bicyclic) bond motifs is 1. The quantitative estimate of drug-likeness (QED) is 0.613. The van der Waals surface area contributed by atoms with E-state index in [2.05, 4.69) is 0 Å². The first-order chi connectivity index (χ1) is 5.40. The van der Waals surface area contributed by atoms with Crippen molar-refractivity contribution in [2.24, 2.45) is 0 Å². The molecule has 0 atom stereocenters. The van der Waals surface area contributed by atoms with Crippen LogP contribution in [0.4, 0.5) is 0 Å². The Kier molecular flexibility index (Phi) is 1.25. The highest BCUT2D eigenvalue weighted by Gasteiger charge is 2.00. The van der Waals surface area contributed by atoms with Gasteiger partial charge in [0, 0.05) is 5.39 Å². The van der Waals surface area contributed by atoms with Crippen LogP contribution in [0.25, 0.3) is 11.0 Å². The van der Waals surface area contributed by atoms with Crippen LogP contribution in [-0.4, -0.2) is 6.29 Å². The summed E-state index contributed by atoms with van der Waals surface area (Å²) < 4.78 is 5.09. The minimum atomic E-state index is 0.256. The molecule has 53 valence electrons. The monoisotopic (exact) mass is 145 g/mol. The summed E-state index contributed by atoms with van der Waals surface area (Å²) in [6.07, 6.45) is 1.70. The van der Waals surface area contributed by atoms with Crippen LogP contribution in [-0.2, 0) is 4.79 Å². The summed E-state index contributed by atoms with van der Waals surface area (Å²) in [7, 11) is 0. The van der Waals surface area contributed by atoms with Crippen molar-refractivity contribution in [1.82, 2.24) is 0 Å². The maximum absolute atomic E-state index is 10.2. The second-order valence-corrected chi connectivity index (χ2v) is 2.25. The molecule has 0 saturated carbocycles. The van der Waals surface area contributed by atoms with E-state index in [9.17, 15) is 4.79 Å². The fourth-order valence-corrected chi connectivity index (χ4v) is 1.03.